The highest BCUT2D eigenvalue weighted by atomic mass is 35.5. The van der Waals surface area contributed by atoms with Gasteiger partial charge < -0.3 is 10.2 Å². The van der Waals surface area contributed by atoms with E-state index in [1.165, 1.54) is 37.4 Å². The number of amides is 1. The summed E-state index contributed by atoms with van der Waals surface area (Å²) in [5, 5.41) is 4.80. The number of nitrogens with zero attached hydrogens (tertiary/aromatic N) is 3. The number of carbonyl (C=O) groups is 1. The van der Waals surface area contributed by atoms with Gasteiger partial charge in [0, 0.05) is 30.7 Å². The molecule has 0 atom stereocenters. The third kappa shape index (κ3) is 6.11. The van der Waals surface area contributed by atoms with E-state index >= 15 is 0 Å². The molecule has 0 saturated heterocycles. The van der Waals surface area contributed by atoms with E-state index in [2.05, 4.69) is 15.3 Å². The molecular weight excluding hydrogens is 380 g/mol. The highest BCUT2D eigenvalue weighted by Gasteiger charge is 2.22. The third-order valence-electron chi connectivity index (χ3n) is 4.89. The zero-order valence-electron chi connectivity index (χ0n) is 15.5. The maximum atomic E-state index is 12.5. The number of nitrogens with one attached hydrogen (secondary N) is 1. The average Bonchev–Trinajstić information content (AvgIpc) is 2.72. The zero-order chi connectivity index (χ0) is 19.1. The Hall–Kier alpha value is -1.79. The van der Waals surface area contributed by atoms with Crippen molar-refractivity contribution < 1.29 is 4.79 Å². The topological polar surface area (TPSA) is 58.1 Å². The van der Waals surface area contributed by atoms with Crippen LogP contribution in [0.15, 0.2) is 41.7 Å². The highest BCUT2D eigenvalue weighted by Crippen LogP contribution is 2.23. The van der Waals surface area contributed by atoms with Gasteiger partial charge in [0.05, 0.1) is 5.75 Å². The van der Waals surface area contributed by atoms with Crippen LogP contribution >= 0.6 is 23.4 Å². The predicted octanol–water partition coefficient (Wildman–Crippen LogP) is 4.63. The summed E-state index contributed by atoms with van der Waals surface area (Å²) in [6.07, 6.45) is 7.52. The van der Waals surface area contributed by atoms with Crippen LogP contribution in [-0.4, -0.2) is 39.6 Å². The molecule has 7 heteroatoms. The molecule has 1 saturated carbocycles. The fourth-order valence-electron chi connectivity index (χ4n) is 3.22. The summed E-state index contributed by atoms with van der Waals surface area (Å²) in [4.78, 5) is 22.9. The molecule has 144 valence electrons. The molecular formula is C20H25ClN4OS. The fraction of sp³-hybridized carbons (Fsp3) is 0.450. The average molecular weight is 405 g/mol. The van der Waals surface area contributed by atoms with Gasteiger partial charge in [-0.3, -0.25) is 4.79 Å². The lowest BCUT2D eigenvalue weighted by molar-refractivity contribution is -0.129. The first-order chi connectivity index (χ1) is 13.1. The molecule has 0 unspecified atom stereocenters. The van der Waals surface area contributed by atoms with Crippen molar-refractivity contribution in [1.82, 2.24) is 14.9 Å². The van der Waals surface area contributed by atoms with Crippen LogP contribution in [0.4, 0.5) is 5.82 Å². The molecule has 2 aromatic rings. The zero-order valence-corrected chi connectivity index (χ0v) is 17.1. The minimum absolute atomic E-state index is 0.168. The van der Waals surface area contributed by atoms with E-state index in [0.717, 1.165) is 34.3 Å². The quantitative estimate of drug-likeness (QED) is 0.538. The first-order valence-electron chi connectivity index (χ1n) is 9.30. The van der Waals surface area contributed by atoms with Crippen molar-refractivity contribution in [3.05, 3.63) is 47.2 Å². The van der Waals surface area contributed by atoms with Crippen LogP contribution in [0.5, 0.6) is 0 Å². The van der Waals surface area contributed by atoms with E-state index in [-0.39, 0.29) is 5.91 Å². The largest absolute Gasteiger partial charge is 0.366 e. The second kappa shape index (κ2) is 9.95. The van der Waals surface area contributed by atoms with Gasteiger partial charge in [-0.1, -0.05) is 54.8 Å². The standard InChI is InChI=1S/C20H25ClN4OS/c1-25(17-5-3-2-4-6-17)20(26)13-27-19-11-18(23-14-24-19)22-12-15-7-9-16(21)10-8-15/h7-11,14,17H,2-6,12-13H2,1H3,(H,22,23,24). The molecule has 1 aliphatic carbocycles. The van der Waals surface area contributed by atoms with Crippen LogP contribution in [0.1, 0.15) is 37.7 Å². The molecule has 1 aromatic heterocycles. The molecule has 5 nitrogen and oxygen atoms in total. The Labute approximate surface area is 169 Å². The van der Waals surface area contributed by atoms with E-state index in [4.69, 9.17) is 11.6 Å². The van der Waals surface area contributed by atoms with Crippen molar-refractivity contribution in [3.8, 4) is 0 Å². The normalized spacial score (nSPS) is 14.7. The van der Waals surface area contributed by atoms with E-state index in [1.807, 2.05) is 42.3 Å². The number of thioether (sulfide) groups is 1. The van der Waals surface area contributed by atoms with Gasteiger partial charge in [0.15, 0.2) is 0 Å². The van der Waals surface area contributed by atoms with E-state index in [0.29, 0.717) is 18.3 Å². The van der Waals surface area contributed by atoms with Crippen LogP contribution < -0.4 is 5.32 Å². The second-order valence-electron chi connectivity index (χ2n) is 6.81. The second-order valence-corrected chi connectivity index (χ2v) is 8.24. The molecule has 1 heterocycles. The van der Waals surface area contributed by atoms with Gasteiger partial charge in [-0.15, -0.1) is 0 Å². The summed E-state index contributed by atoms with van der Waals surface area (Å²) >= 11 is 7.37. The van der Waals surface area contributed by atoms with E-state index in [1.54, 1.807) is 0 Å². The Morgan fingerprint density at radius 2 is 1.96 bits per heavy atom. The lowest BCUT2D eigenvalue weighted by atomic mass is 9.94. The minimum Gasteiger partial charge on any atom is -0.366 e. The Balaban J connectivity index is 1.49. The fourth-order valence-corrected chi connectivity index (χ4v) is 4.14. The smallest absolute Gasteiger partial charge is 0.232 e. The van der Waals surface area contributed by atoms with Gasteiger partial charge >= 0.3 is 0 Å². The maximum Gasteiger partial charge on any atom is 0.232 e. The van der Waals surface area contributed by atoms with Crippen molar-refractivity contribution in [2.24, 2.45) is 0 Å². The van der Waals surface area contributed by atoms with Gasteiger partial charge in [-0.05, 0) is 30.5 Å². The number of anilines is 1. The molecule has 1 aromatic carbocycles. The Bertz CT molecular complexity index is 750. The highest BCUT2D eigenvalue weighted by molar-refractivity contribution is 7.99. The maximum absolute atomic E-state index is 12.5. The summed E-state index contributed by atoms with van der Waals surface area (Å²) in [5.41, 5.74) is 1.12. The number of rotatable bonds is 7. The SMILES string of the molecule is CN(C(=O)CSc1cc(NCc2ccc(Cl)cc2)ncn1)C1CCCCC1. The summed E-state index contributed by atoms with van der Waals surface area (Å²) in [6.45, 7) is 0.654. The molecule has 0 spiro atoms. The number of aromatic nitrogens is 2. The molecule has 0 radical (unpaired) electrons. The van der Waals surface area contributed by atoms with Crippen LogP contribution in [-0.2, 0) is 11.3 Å². The molecule has 3 rings (SSSR count). The Morgan fingerprint density at radius 3 is 2.70 bits per heavy atom. The molecule has 0 aliphatic heterocycles. The van der Waals surface area contributed by atoms with Crippen molar-refractivity contribution in [2.45, 2.75) is 49.7 Å². The first kappa shape index (κ1) is 20.0. The van der Waals surface area contributed by atoms with Crippen molar-refractivity contribution in [1.29, 1.82) is 0 Å². The summed E-state index contributed by atoms with van der Waals surface area (Å²) in [5.74, 6) is 1.32. The van der Waals surface area contributed by atoms with Gasteiger partial charge in [0.25, 0.3) is 0 Å². The van der Waals surface area contributed by atoms with Gasteiger partial charge in [0.2, 0.25) is 5.91 Å². The van der Waals surface area contributed by atoms with Crippen LogP contribution in [0.2, 0.25) is 5.02 Å². The first-order valence-corrected chi connectivity index (χ1v) is 10.7. The van der Waals surface area contributed by atoms with Crippen LogP contribution in [0.3, 0.4) is 0 Å². The predicted molar refractivity (Wildman–Crippen MR) is 111 cm³/mol. The van der Waals surface area contributed by atoms with Gasteiger partial charge in [0.1, 0.15) is 17.2 Å². The molecule has 0 bridgehead atoms. The summed E-state index contributed by atoms with van der Waals surface area (Å²) < 4.78 is 0. The monoisotopic (exact) mass is 404 g/mol. The minimum atomic E-state index is 0.168. The molecule has 1 aliphatic rings. The third-order valence-corrected chi connectivity index (χ3v) is 6.05. The number of halogens is 1. The molecule has 1 fully saturated rings. The Kier molecular flexibility index (Phi) is 7.35. The van der Waals surface area contributed by atoms with E-state index < -0.39 is 0 Å². The summed E-state index contributed by atoms with van der Waals surface area (Å²) in [6, 6.07) is 9.98. The van der Waals surface area contributed by atoms with Gasteiger partial charge in [-0.25, -0.2) is 9.97 Å². The Morgan fingerprint density at radius 1 is 1.22 bits per heavy atom. The number of benzene rings is 1. The van der Waals surface area contributed by atoms with Crippen molar-refractivity contribution in [2.75, 3.05) is 18.1 Å². The van der Waals surface area contributed by atoms with Crippen LogP contribution in [0.25, 0.3) is 0 Å². The molecule has 1 N–H and O–H groups in total. The lowest BCUT2D eigenvalue weighted by Gasteiger charge is -2.31. The molecule has 27 heavy (non-hydrogen) atoms. The number of hydrogen-bond acceptors (Lipinski definition) is 5. The number of carbonyl (C=O) groups excluding carboxylic acids is 1. The lowest BCUT2D eigenvalue weighted by Crippen LogP contribution is -2.39. The van der Waals surface area contributed by atoms with Gasteiger partial charge in [-0.2, -0.15) is 0 Å². The van der Waals surface area contributed by atoms with Crippen molar-refractivity contribution in [3.63, 3.8) is 0 Å². The number of hydrogen-bond donors (Lipinski definition) is 1. The van der Waals surface area contributed by atoms with Crippen molar-refractivity contribution >= 4 is 35.1 Å². The summed E-state index contributed by atoms with van der Waals surface area (Å²) in [7, 11) is 1.93. The van der Waals surface area contributed by atoms with Crippen LogP contribution in [0, 0.1) is 0 Å². The van der Waals surface area contributed by atoms with E-state index in [9.17, 15) is 4.79 Å². The molecule has 1 amide bonds.